The lowest BCUT2D eigenvalue weighted by Crippen LogP contribution is -2.46. The van der Waals surface area contributed by atoms with Crippen molar-refractivity contribution in [3.05, 3.63) is 0 Å². The van der Waals surface area contributed by atoms with Gasteiger partial charge in [0.1, 0.15) is 0 Å². The minimum Gasteiger partial charge on any atom is -0.354 e. The quantitative estimate of drug-likeness (QED) is 0.719. The average Bonchev–Trinajstić information content (AvgIpc) is 2.86. The lowest BCUT2D eigenvalue weighted by molar-refractivity contribution is -0.123. The Morgan fingerprint density at radius 1 is 1.33 bits per heavy atom. The largest absolute Gasteiger partial charge is 0.354 e. The Kier molecular flexibility index (Phi) is 6.65. The van der Waals surface area contributed by atoms with Crippen molar-refractivity contribution in [2.75, 3.05) is 26.2 Å². The molecule has 1 rings (SSSR count). The molecule has 0 radical (unpaired) electrons. The van der Waals surface area contributed by atoms with Crippen LogP contribution in [0.1, 0.15) is 40.0 Å². The first-order valence-electron chi connectivity index (χ1n) is 7.30. The minimum atomic E-state index is -0.367. The molecule has 1 aliphatic heterocycles. The fraction of sp³-hybridized carbons (Fsp3) is 0.929. The van der Waals surface area contributed by atoms with Gasteiger partial charge in [-0.25, -0.2) is 0 Å². The molecule has 1 aliphatic rings. The monoisotopic (exact) mass is 255 g/mol. The number of nitrogens with zero attached hydrogens (tertiary/aromatic N) is 1. The summed E-state index contributed by atoms with van der Waals surface area (Å²) < 4.78 is 0. The summed E-state index contributed by atoms with van der Waals surface area (Å²) in [5, 5.41) is 2.98. The van der Waals surface area contributed by atoms with Gasteiger partial charge in [-0.05, 0) is 37.8 Å². The molecule has 1 fully saturated rings. The van der Waals surface area contributed by atoms with E-state index < -0.39 is 0 Å². The fourth-order valence-corrected chi connectivity index (χ4v) is 2.38. The maximum absolute atomic E-state index is 11.8. The van der Waals surface area contributed by atoms with E-state index >= 15 is 0 Å². The molecule has 4 nitrogen and oxygen atoms in total. The van der Waals surface area contributed by atoms with E-state index in [9.17, 15) is 4.79 Å². The molecule has 0 bridgehead atoms. The van der Waals surface area contributed by atoms with E-state index in [-0.39, 0.29) is 17.9 Å². The maximum atomic E-state index is 11.8. The normalized spacial score (nSPS) is 21.6. The molecule has 1 heterocycles. The van der Waals surface area contributed by atoms with Crippen molar-refractivity contribution in [2.24, 2.45) is 17.6 Å². The van der Waals surface area contributed by atoms with Crippen LogP contribution in [-0.4, -0.2) is 43.0 Å². The number of carbonyl (C=O) groups excluding carboxylic acids is 1. The van der Waals surface area contributed by atoms with Gasteiger partial charge in [-0.2, -0.15) is 0 Å². The Bertz CT molecular complexity index is 251. The lowest BCUT2D eigenvalue weighted by atomic mass is 9.99. The Labute approximate surface area is 111 Å². The number of nitrogens with two attached hydrogens (primary N) is 1. The van der Waals surface area contributed by atoms with E-state index in [1.807, 2.05) is 6.92 Å². The molecule has 3 atom stereocenters. The average molecular weight is 255 g/mol. The van der Waals surface area contributed by atoms with Crippen molar-refractivity contribution in [1.29, 1.82) is 0 Å². The summed E-state index contributed by atoms with van der Waals surface area (Å²) >= 11 is 0. The van der Waals surface area contributed by atoms with E-state index in [4.69, 9.17) is 5.73 Å². The fourth-order valence-electron chi connectivity index (χ4n) is 2.38. The van der Waals surface area contributed by atoms with Crippen LogP contribution in [0.4, 0.5) is 0 Å². The third-order valence-electron chi connectivity index (χ3n) is 3.95. The van der Waals surface area contributed by atoms with Gasteiger partial charge in [0.15, 0.2) is 0 Å². The first-order chi connectivity index (χ1) is 8.54. The van der Waals surface area contributed by atoms with Crippen LogP contribution in [-0.2, 0) is 4.79 Å². The molecular weight excluding hydrogens is 226 g/mol. The van der Waals surface area contributed by atoms with Crippen molar-refractivity contribution >= 4 is 5.91 Å². The second kappa shape index (κ2) is 7.74. The van der Waals surface area contributed by atoms with Gasteiger partial charge in [0.25, 0.3) is 0 Å². The molecule has 0 aliphatic carbocycles. The van der Waals surface area contributed by atoms with Crippen LogP contribution in [0, 0.1) is 11.8 Å². The smallest absolute Gasteiger partial charge is 0.237 e. The van der Waals surface area contributed by atoms with Gasteiger partial charge >= 0.3 is 0 Å². The molecule has 0 aromatic carbocycles. The number of hydrogen-bond donors (Lipinski definition) is 2. The Balaban J connectivity index is 2.20. The Morgan fingerprint density at radius 2 is 1.94 bits per heavy atom. The molecule has 1 unspecified atom stereocenters. The van der Waals surface area contributed by atoms with Gasteiger partial charge in [0, 0.05) is 13.1 Å². The van der Waals surface area contributed by atoms with Crippen molar-refractivity contribution in [3.63, 3.8) is 0 Å². The third kappa shape index (κ3) is 4.94. The zero-order chi connectivity index (χ0) is 13.5. The highest BCUT2D eigenvalue weighted by Gasteiger charge is 2.20. The highest BCUT2D eigenvalue weighted by molar-refractivity contribution is 5.81. The number of amides is 1. The predicted octanol–water partition coefficient (Wildman–Crippen LogP) is 1.21. The van der Waals surface area contributed by atoms with E-state index in [0.717, 1.165) is 19.5 Å². The van der Waals surface area contributed by atoms with Crippen LogP contribution >= 0.6 is 0 Å². The molecule has 1 saturated heterocycles. The van der Waals surface area contributed by atoms with Gasteiger partial charge in [0.2, 0.25) is 5.91 Å². The third-order valence-corrected chi connectivity index (χ3v) is 3.95. The summed E-state index contributed by atoms with van der Waals surface area (Å²) in [6, 6.07) is -0.367. The predicted molar refractivity (Wildman–Crippen MR) is 75.3 cm³/mol. The first-order valence-corrected chi connectivity index (χ1v) is 7.30. The van der Waals surface area contributed by atoms with Gasteiger partial charge in [-0.3, -0.25) is 4.79 Å². The standard InChI is InChI=1S/C14H29N3O/c1-4-12(3)13(15)14(18)16-9-11(2)10-17-7-5-6-8-17/h11-13H,4-10,15H2,1-3H3,(H,16,18)/t11?,12-,13-/m0/s1. The van der Waals surface area contributed by atoms with Crippen LogP contribution in [0.2, 0.25) is 0 Å². The number of rotatable bonds is 7. The highest BCUT2D eigenvalue weighted by atomic mass is 16.2. The molecule has 1 amide bonds. The Hall–Kier alpha value is -0.610. The zero-order valence-electron chi connectivity index (χ0n) is 12.1. The summed E-state index contributed by atoms with van der Waals surface area (Å²) in [6.45, 7) is 10.5. The van der Waals surface area contributed by atoms with Gasteiger partial charge < -0.3 is 16.0 Å². The second-order valence-electron chi connectivity index (χ2n) is 5.77. The molecular formula is C14H29N3O. The lowest BCUT2D eigenvalue weighted by Gasteiger charge is -2.22. The summed E-state index contributed by atoms with van der Waals surface area (Å²) in [5.74, 6) is 0.743. The van der Waals surface area contributed by atoms with Crippen LogP contribution in [0.3, 0.4) is 0 Å². The molecule has 0 spiro atoms. The maximum Gasteiger partial charge on any atom is 0.237 e. The van der Waals surface area contributed by atoms with Crippen molar-refractivity contribution in [3.8, 4) is 0 Å². The van der Waals surface area contributed by atoms with Crippen molar-refractivity contribution in [1.82, 2.24) is 10.2 Å². The minimum absolute atomic E-state index is 0.00220. The zero-order valence-corrected chi connectivity index (χ0v) is 12.1. The summed E-state index contributed by atoms with van der Waals surface area (Å²) in [6.07, 6.45) is 3.58. The molecule has 3 N–H and O–H groups in total. The summed E-state index contributed by atoms with van der Waals surface area (Å²) in [4.78, 5) is 14.3. The van der Waals surface area contributed by atoms with Crippen LogP contribution in [0.5, 0.6) is 0 Å². The second-order valence-corrected chi connectivity index (χ2v) is 5.77. The summed E-state index contributed by atoms with van der Waals surface area (Å²) in [7, 11) is 0. The van der Waals surface area contributed by atoms with Crippen LogP contribution in [0.15, 0.2) is 0 Å². The van der Waals surface area contributed by atoms with Gasteiger partial charge in [0.05, 0.1) is 6.04 Å². The van der Waals surface area contributed by atoms with E-state index in [2.05, 4.69) is 24.1 Å². The molecule has 18 heavy (non-hydrogen) atoms. The number of likely N-dealkylation sites (tertiary alicyclic amines) is 1. The van der Waals surface area contributed by atoms with E-state index in [1.54, 1.807) is 0 Å². The van der Waals surface area contributed by atoms with Crippen molar-refractivity contribution in [2.45, 2.75) is 46.1 Å². The SMILES string of the molecule is CC[C@H](C)[C@H](N)C(=O)NCC(C)CN1CCCC1. The molecule has 4 heteroatoms. The molecule has 0 aromatic heterocycles. The molecule has 106 valence electrons. The molecule has 0 aromatic rings. The number of carbonyl (C=O) groups is 1. The first kappa shape index (κ1) is 15.4. The van der Waals surface area contributed by atoms with E-state index in [1.165, 1.54) is 25.9 Å². The van der Waals surface area contributed by atoms with Gasteiger partial charge in [-0.1, -0.05) is 27.2 Å². The van der Waals surface area contributed by atoms with Gasteiger partial charge in [-0.15, -0.1) is 0 Å². The number of hydrogen-bond acceptors (Lipinski definition) is 3. The van der Waals surface area contributed by atoms with Crippen LogP contribution < -0.4 is 11.1 Å². The number of nitrogens with one attached hydrogen (secondary N) is 1. The topological polar surface area (TPSA) is 58.4 Å². The van der Waals surface area contributed by atoms with Crippen molar-refractivity contribution < 1.29 is 4.79 Å². The van der Waals surface area contributed by atoms with E-state index in [0.29, 0.717) is 5.92 Å². The highest BCUT2D eigenvalue weighted by Crippen LogP contribution is 2.10. The molecule has 0 saturated carbocycles. The Morgan fingerprint density at radius 3 is 2.50 bits per heavy atom. The summed E-state index contributed by atoms with van der Waals surface area (Å²) in [5.41, 5.74) is 5.90. The van der Waals surface area contributed by atoms with Crippen LogP contribution in [0.25, 0.3) is 0 Å².